The van der Waals surface area contributed by atoms with E-state index in [9.17, 15) is 26.4 Å². The summed E-state index contributed by atoms with van der Waals surface area (Å²) in [5.74, 6) is -1.72. The van der Waals surface area contributed by atoms with Crippen LogP contribution in [0.25, 0.3) is 0 Å². The number of rotatable bonds is 3. The smallest absolute Gasteiger partial charge is 0.342 e. The Morgan fingerprint density at radius 3 is 2.55 bits per heavy atom. The largest absolute Gasteiger partial charge is 0.417 e. The average molecular weight is 337 g/mol. The summed E-state index contributed by atoms with van der Waals surface area (Å²) in [6.45, 7) is 0.947. The van der Waals surface area contributed by atoms with Gasteiger partial charge in [-0.1, -0.05) is 12.1 Å². The second-order valence-corrected chi connectivity index (χ2v) is 6.41. The van der Waals surface area contributed by atoms with E-state index in [0.717, 1.165) is 18.2 Å². The molecule has 0 spiro atoms. The van der Waals surface area contributed by atoms with Crippen LogP contribution in [0.2, 0.25) is 0 Å². The Bertz CT molecular complexity index is 651. The molecule has 22 heavy (non-hydrogen) atoms. The molecule has 0 bridgehead atoms. The molecule has 0 aromatic heterocycles. The number of benzene rings is 1. The maximum Gasteiger partial charge on any atom is 0.417 e. The summed E-state index contributed by atoms with van der Waals surface area (Å²) in [5.41, 5.74) is -1.36. The summed E-state index contributed by atoms with van der Waals surface area (Å²) in [6.07, 6.45) is -3.76. The molecule has 1 unspecified atom stereocenters. The van der Waals surface area contributed by atoms with Gasteiger partial charge in [-0.05, 0) is 31.5 Å². The molecule has 0 radical (unpaired) electrons. The van der Waals surface area contributed by atoms with E-state index in [1.54, 1.807) is 0 Å². The lowest BCUT2D eigenvalue weighted by Gasteiger charge is -2.21. The van der Waals surface area contributed by atoms with E-state index in [-0.39, 0.29) is 6.54 Å². The number of alkyl halides is 3. The van der Waals surface area contributed by atoms with Gasteiger partial charge < -0.3 is 9.50 Å². The highest BCUT2D eigenvalue weighted by atomic mass is 32.2. The fourth-order valence-electron chi connectivity index (χ4n) is 2.19. The van der Waals surface area contributed by atoms with Gasteiger partial charge >= 0.3 is 22.3 Å². The molecule has 1 aliphatic rings. The predicted molar refractivity (Wildman–Crippen MR) is 70.3 cm³/mol. The Hall–Kier alpha value is -1.61. The molecule has 1 saturated heterocycles. The van der Waals surface area contributed by atoms with Crippen LogP contribution in [-0.4, -0.2) is 27.5 Å². The minimum Gasteiger partial charge on any atom is -0.342 e. The maximum atomic E-state index is 12.9. The molecule has 2 rings (SSSR count). The minimum atomic E-state index is -4.86. The Balaban J connectivity index is 2.26. The number of halogens is 3. The number of piperidine rings is 1. The minimum absolute atomic E-state index is 0.245. The third-order valence-corrected chi connectivity index (χ3v) is 4.56. The van der Waals surface area contributed by atoms with Crippen molar-refractivity contribution in [2.24, 2.45) is 5.92 Å². The van der Waals surface area contributed by atoms with Gasteiger partial charge in [-0.3, -0.25) is 4.79 Å². The zero-order chi connectivity index (χ0) is 16.4. The predicted octanol–water partition coefficient (Wildman–Crippen LogP) is 1.94. The molecule has 122 valence electrons. The van der Waals surface area contributed by atoms with E-state index in [2.05, 4.69) is 9.50 Å². The molecule has 1 heterocycles. The molecule has 1 atom stereocenters. The zero-order valence-corrected chi connectivity index (χ0v) is 12.2. The van der Waals surface area contributed by atoms with Crippen molar-refractivity contribution in [1.29, 1.82) is 0 Å². The highest BCUT2D eigenvalue weighted by Crippen LogP contribution is 2.34. The second kappa shape index (κ2) is 6.25. The third kappa shape index (κ3) is 3.77. The van der Waals surface area contributed by atoms with Gasteiger partial charge in [0.25, 0.3) is 0 Å². The Morgan fingerprint density at radius 1 is 1.27 bits per heavy atom. The highest BCUT2D eigenvalue weighted by Gasteiger charge is 2.39. The van der Waals surface area contributed by atoms with Crippen molar-refractivity contribution in [3.05, 3.63) is 29.8 Å². The van der Waals surface area contributed by atoms with Gasteiger partial charge in [0, 0.05) is 6.54 Å². The number of carbonyl (C=O) groups is 1. The van der Waals surface area contributed by atoms with E-state index in [1.165, 1.54) is 0 Å². The number of nitrogens with one attached hydrogen (secondary N) is 1. The molecule has 1 aliphatic heterocycles. The molecule has 1 fully saturated rings. The van der Waals surface area contributed by atoms with E-state index in [1.807, 2.05) is 0 Å². The molecule has 0 amide bonds. The molecular weight excluding hydrogens is 323 g/mol. The molecule has 0 saturated carbocycles. The lowest BCUT2D eigenvalue weighted by molar-refractivity contribution is -0.142. The number of carbonyl (C=O) groups excluding carboxylic acids is 1. The molecule has 9 heteroatoms. The first-order valence-corrected chi connectivity index (χ1v) is 7.98. The van der Waals surface area contributed by atoms with Crippen molar-refractivity contribution in [2.75, 3.05) is 13.1 Å². The standard InChI is InChI=1S/C13H14F3NO4S/c14-13(15,16)10-5-1-2-6-11(10)22(19,20)21-12(18)9-4-3-7-17-8-9/h1-2,5-6,9,17H,3-4,7-8H2. The van der Waals surface area contributed by atoms with Gasteiger partial charge in [-0.2, -0.15) is 21.6 Å². The third-order valence-electron chi connectivity index (χ3n) is 3.28. The van der Waals surface area contributed by atoms with Crippen LogP contribution in [0.4, 0.5) is 13.2 Å². The molecular formula is C13H14F3NO4S. The van der Waals surface area contributed by atoms with Crippen LogP contribution in [0.1, 0.15) is 18.4 Å². The summed E-state index contributed by atoms with van der Waals surface area (Å²) in [6, 6.07) is 3.60. The Kier molecular flexibility index (Phi) is 4.76. The lowest BCUT2D eigenvalue weighted by Crippen LogP contribution is -2.36. The van der Waals surface area contributed by atoms with Crippen LogP contribution in [0, 0.1) is 5.92 Å². The molecule has 0 aliphatic carbocycles. The van der Waals surface area contributed by atoms with Crippen LogP contribution in [-0.2, 0) is 25.3 Å². The van der Waals surface area contributed by atoms with E-state index < -0.39 is 38.6 Å². The van der Waals surface area contributed by atoms with Gasteiger partial charge in [-0.25, -0.2) is 0 Å². The Morgan fingerprint density at radius 2 is 1.95 bits per heavy atom. The van der Waals surface area contributed by atoms with Crippen LogP contribution in [0.15, 0.2) is 29.2 Å². The fourth-order valence-corrected chi connectivity index (χ4v) is 3.33. The fraction of sp³-hybridized carbons (Fsp3) is 0.462. The average Bonchev–Trinajstić information content (AvgIpc) is 2.47. The molecule has 1 aromatic carbocycles. The zero-order valence-electron chi connectivity index (χ0n) is 11.4. The second-order valence-electron chi connectivity index (χ2n) is 4.89. The highest BCUT2D eigenvalue weighted by molar-refractivity contribution is 7.87. The van der Waals surface area contributed by atoms with Crippen molar-refractivity contribution >= 4 is 16.1 Å². The van der Waals surface area contributed by atoms with Gasteiger partial charge in [0.15, 0.2) is 0 Å². The molecule has 5 nitrogen and oxygen atoms in total. The first kappa shape index (κ1) is 16.8. The van der Waals surface area contributed by atoms with Crippen molar-refractivity contribution in [2.45, 2.75) is 23.9 Å². The van der Waals surface area contributed by atoms with E-state index in [4.69, 9.17) is 0 Å². The van der Waals surface area contributed by atoms with E-state index in [0.29, 0.717) is 25.5 Å². The SMILES string of the molecule is O=C(OS(=O)(=O)c1ccccc1C(F)(F)F)C1CCCNC1. The molecule has 1 aromatic rings. The monoisotopic (exact) mass is 337 g/mol. The first-order valence-electron chi connectivity index (χ1n) is 6.57. The van der Waals surface area contributed by atoms with Crippen molar-refractivity contribution in [3.8, 4) is 0 Å². The van der Waals surface area contributed by atoms with Crippen molar-refractivity contribution in [1.82, 2.24) is 5.32 Å². The maximum absolute atomic E-state index is 12.9. The normalized spacial score (nSPS) is 19.7. The van der Waals surface area contributed by atoms with Gasteiger partial charge in [0.05, 0.1) is 11.5 Å². The van der Waals surface area contributed by atoms with Crippen LogP contribution in [0.3, 0.4) is 0 Å². The van der Waals surface area contributed by atoms with Crippen molar-refractivity contribution < 1.29 is 30.6 Å². The van der Waals surface area contributed by atoms with Gasteiger partial charge in [-0.15, -0.1) is 0 Å². The van der Waals surface area contributed by atoms with Gasteiger partial charge in [0.2, 0.25) is 0 Å². The summed E-state index contributed by atoms with van der Waals surface area (Å²) >= 11 is 0. The number of hydrogen-bond acceptors (Lipinski definition) is 5. The van der Waals surface area contributed by atoms with E-state index >= 15 is 0 Å². The summed E-state index contributed by atoms with van der Waals surface area (Å²) < 4.78 is 66.9. The number of hydrogen-bond donors (Lipinski definition) is 1. The van der Waals surface area contributed by atoms with Gasteiger partial charge in [0.1, 0.15) is 4.90 Å². The topological polar surface area (TPSA) is 72.5 Å². The summed E-state index contributed by atoms with van der Waals surface area (Å²) in [4.78, 5) is 10.8. The lowest BCUT2D eigenvalue weighted by atomic mass is 10.0. The van der Waals surface area contributed by atoms with Crippen LogP contribution >= 0.6 is 0 Å². The first-order chi connectivity index (χ1) is 10.2. The molecule has 1 N–H and O–H groups in total. The summed E-state index contributed by atoms with van der Waals surface area (Å²) in [7, 11) is -4.82. The van der Waals surface area contributed by atoms with Crippen LogP contribution in [0.5, 0.6) is 0 Å². The van der Waals surface area contributed by atoms with Crippen molar-refractivity contribution in [3.63, 3.8) is 0 Å². The van der Waals surface area contributed by atoms with Crippen LogP contribution < -0.4 is 5.32 Å². The quantitative estimate of drug-likeness (QED) is 0.854. The summed E-state index contributed by atoms with van der Waals surface area (Å²) in [5, 5.41) is 2.90. The Labute approximate surface area is 125 Å².